The Morgan fingerprint density at radius 2 is 1.95 bits per heavy atom. The molecule has 0 aromatic rings. The Bertz CT molecular complexity index is 405. The van der Waals surface area contributed by atoms with E-state index in [-0.39, 0.29) is 0 Å². The number of piperidine rings is 1. The lowest BCUT2D eigenvalue weighted by molar-refractivity contribution is 0.116. The normalized spacial score (nSPS) is 17.4. The van der Waals surface area contributed by atoms with Crippen LogP contribution in [0.3, 0.4) is 0 Å². The fourth-order valence-electron chi connectivity index (χ4n) is 2.49. The van der Waals surface area contributed by atoms with Gasteiger partial charge in [-0.1, -0.05) is 24.3 Å². The number of hydrogen-bond acceptors (Lipinski definition) is 3. The molecule has 0 radical (unpaired) electrons. The van der Waals surface area contributed by atoms with E-state index in [0.717, 1.165) is 31.9 Å². The molecule has 0 aromatic heterocycles. The lowest BCUT2D eigenvalue weighted by atomic mass is 10.0. The Labute approximate surface area is 149 Å². The molecule has 3 nitrogen and oxygen atoms in total. The second-order valence-electron chi connectivity index (χ2n) is 5.79. The molecular weight excluding hydrogens is 387 g/mol. The number of hydrogen-bond donors (Lipinski definition) is 0. The lowest BCUT2D eigenvalue weighted by Gasteiger charge is -2.36. The summed E-state index contributed by atoms with van der Waals surface area (Å²) in [5.74, 6) is 0.835. The third-order valence-corrected chi connectivity index (χ3v) is 4.68. The van der Waals surface area contributed by atoms with E-state index in [9.17, 15) is 0 Å². The zero-order valence-corrected chi connectivity index (χ0v) is 16.1. The molecule has 0 amide bonds. The number of halogens is 1. The van der Waals surface area contributed by atoms with Crippen molar-refractivity contribution < 1.29 is 4.74 Å². The van der Waals surface area contributed by atoms with Crippen LogP contribution in [-0.2, 0) is 4.74 Å². The molecule has 0 spiro atoms. The van der Waals surface area contributed by atoms with Gasteiger partial charge in [0.05, 0.1) is 0 Å². The van der Waals surface area contributed by atoms with Crippen LogP contribution in [0.5, 0.6) is 0 Å². The molecule has 0 N–H and O–H groups in total. The van der Waals surface area contributed by atoms with Crippen LogP contribution in [0.1, 0.15) is 26.7 Å². The van der Waals surface area contributed by atoms with Crippen LogP contribution in [0, 0.1) is 0 Å². The number of allylic oxidation sites excluding steroid dienone is 4. The summed E-state index contributed by atoms with van der Waals surface area (Å²) in [7, 11) is 0. The molecule has 1 saturated heterocycles. The molecule has 1 heterocycles. The molecule has 0 unspecified atom stereocenters. The molecule has 1 rings (SSSR count). The summed E-state index contributed by atoms with van der Waals surface area (Å²) in [6.45, 7) is 16.7. The van der Waals surface area contributed by atoms with Gasteiger partial charge < -0.3 is 4.74 Å². The summed E-state index contributed by atoms with van der Waals surface area (Å²) in [4.78, 5) is 2.48. The molecule has 22 heavy (non-hydrogen) atoms. The van der Waals surface area contributed by atoms with Gasteiger partial charge in [0.1, 0.15) is 12.4 Å². The number of nitrogens with zero attached hydrogens (tertiary/aromatic N) is 2. The third kappa shape index (κ3) is 7.61. The zero-order valence-electron chi connectivity index (χ0n) is 13.9. The Kier molecular flexibility index (Phi) is 9.75. The Hall–Kier alpha value is -0.590. The summed E-state index contributed by atoms with van der Waals surface area (Å²) in [5.41, 5.74) is 1.25. The van der Waals surface area contributed by atoms with Crippen LogP contribution in [0.4, 0.5) is 0 Å². The van der Waals surface area contributed by atoms with Crippen molar-refractivity contribution in [3.8, 4) is 0 Å². The smallest absolute Gasteiger partial charge is 0.118 e. The maximum atomic E-state index is 5.84. The van der Waals surface area contributed by atoms with Crippen molar-refractivity contribution in [3.05, 3.63) is 48.8 Å². The largest absolute Gasteiger partial charge is 0.492 e. The van der Waals surface area contributed by atoms with Gasteiger partial charge in [-0.15, -0.1) is 6.58 Å². The summed E-state index contributed by atoms with van der Waals surface area (Å²) in [6.07, 6.45) is 10.2. The van der Waals surface area contributed by atoms with Gasteiger partial charge in [0.15, 0.2) is 0 Å². The van der Waals surface area contributed by atoms with Crippen molar-refractivity contribution >= 4 is 22.9 Å². The minimum absolute atomic E-state index is 0.640. The molecule has 1 fully saturated rings. The molecule has 0 aromatic carbocycles. The fourth-order valence-corrected chi connectivity index (χ4v) is 3.05. The van der Waals surface area contributed by atoms with Gasteiger partial charge in [0.2, 0.25) is 0 Å². The topological polar surface area (TPSA) is 15.7 Å². The van der Waals surface area contributed by atoms with Crippen molar-refractivity contribution in [2.75, 3.05) is 32.8 Å². The third-order valence-electron chi connectivity index (χ3n) is 3.72. The first-order valence-corrected chi connectivity index (χ1v) is 8.89. The van der Waals surface area contributed by atoms with Crippen molar-refractivity contribution in [2.24, 2.45) is 0 Å². The predicted molar refractivity (Wildman–Crippen MR) is 104 cm³/mol. The quantitative estimate of drug-likeness (QED) is 0.183. The maximum Gasteiger partial charge on any atom is 0.118 e. The molecule has 1 aliphatic heterocycles. The fraction of sp³-hybridized carbons (Fsp3) is 0.556. The maximum absolute atomic E-state index is 5.84. The van der Waals surface area contributed by atoms with Crippen LogP contribution in [0.15, 0.2) is 48.8 Å². The second kappa shape index (κ2) is 11.0. The summed E-state index contributed by atoms with van der Waals surface area (Å²) in [6, 6.07) is 0.640. The zero-order chi connectivity index (χ0) is 16.4. The highest BCUT2D eigenvalue weighted by Gasteiger charge is 2.22. The van der Waals surface area contributed by atoms with Crippen LogP contribution in [0.2, 0.25) is 0 Å². The molecule has 124 valence electrons. The standard InChI is InChI=1S/C18H29IN2O/c1-5-11-20(17-9-12-21(19)13-10-17)14-15-22-18(6-2)8-7-16(3)4/h5-8,17H,1-2,9-15H2,3-4H3/b18-8+. The van der Waals surface area contributed by atoms with E-state index in [0.29, 0.717) is 12.6 Å². The van der Waals surface area contributed by atoms with Crippen molar-refractivity contribution in [3.63, 3.8) is 0 Å². The summed E-state index contributed by atoms with van der Waals surface area (Å²) < 4.78 is 8.21. The second-order valence-corrected chi connectivity index (χ2v) is 7.15. The van der Waals surface area contributed by atoms with E-state index in [1.54, 1.807) is 6.08 Å². The SMILES string of the molecule is C=CCN(CCO/C(C=C)=C/C=C(C)C)C1CCN(I)CC1. The van der Waals surface area contributed by atoms with Crippen LogP contribution >= 0.6 is 22.9 Å². The molecule has 4 heteroatoms. The van der Waals surface area contributed by atoms with Crippen molar-refractivity contribution in [2.45, 2.75) is 32.7 Å². The van der Waals surface area contributed by atoms with Gasteiger partial charge in [-0.25, -0.2) is 3.11 Å². The minimum Gasteiger partial charge on any atom is -0.492 e. The molecule has 0 atom stereocenters. The van der Waals surface area contributed by atoms with Crippen LogP contribution < -0.4 is 0 Å². The number of ether oxygens (including phenoxy) is 1. The van der Waals surface area contributed by atoms with Gasteiger partial charge in [0.25, 0.3) is 0 Å². The highest BCUT2D eigenvalue weighted by atomic mass is 127. The van der Waals surface area contributed by atoms with E-state index in [1.807, 2.05) is 12.2 Å². The van der Waals surface area contributed by atoms with E-state index in [4.69, 9.17) is 4.74 Å². The Morgan fingerprint density at radius 1 is 1.27 bits per heavy atom. The van der Waals surface area contributed by atoms with E-state index in [1.165, 1.54) is 18.4 Å². The highest BCUT2D eigenvalue weighted by Crippen LogP contribution is 2.19. The summed E-state index contributed by atoms with van der Waals surface area (Å²) >= 11 is 2.41. The lowest BCUT2D eigenvalue weighted by Crippen LogP contribution is -2.43. The summed E-state index contributed by atoms with van der Waals surface area (Å²) in [5, 5.41) is 0. The Balaban J connectivity index is 2.46. The van der Waals surface area contributed by atoms with Gasteiger partial charge in [0, 0.05) is 55.1 Å². The van der Waals surface area contributed by atoms with Gasteiger partial charge >= 0.3 is 0 Å². The average molecular weight is 416 g/mol. The van der Waals surface area contributed by atoms with Crippen LogP contribution in [-0.4, -0.2) is 46.8 Å². The van der Waals surface area contributed by atoms with Crippen molar-refractivity contribution in [1.29, 1.82) is 0 Å². The highest BCUT2D eigenvalue weighted by molar-refractivity contribution is 14.1. The molecule has 0 saturated carbocycles. The Morgan fingerprint density at radius 3 is 2.50 bits per heavy atom. The monoisotopic (exact) mass is 416 g/mol. The first kappa shape index (κ1) is 19.5. The van der Waals surface area contributed by atoms with E-state index >= 15 is 0 Å². The van der Waals surface area contributed by atoms with Crippen LogP contribution in [0.25, 0.3) is 0 Å². The van der Waals surface area contributed by atoms with E-state index in [2.05, 4.69) is 64.0 Å². The molecule has 0 bridgehead atoms. The van der Waals surface area contributed by atoms with Crippen molar-refractivity contribution in [1.82, 2.24) is 8.01 Å². The van der Waals surface area contributed by atoms with Gasteiger partial charge in [-0.2, -0.15) is 0 Å². The first-order valence-electron chi connectivity index (χ1n) is 7.93. The van der Waals surface area contributed by atoms with Gasteiger partial charge in [-0.05, 0) is 38.8 Å². The first-order chi connectivity index (χ1) is 10.6. The molecule has 1 aliphatic rings. The van der Waals surface area contributed by atoms with Gasteiger partial charge in [-0.3, -0.25) is 4.90 Å². The predicted octanol–water partition coefficient (Wildman–Crippen LogP) is 4.34. The molecular formula is C18H29IN2O. The minimum atomic E-state index is 0.640. The average Bonchev–Trinajstić information content (AvgIpc) is 2.50. The number of rotatable bonds is 9. The van der Waals surface area contributed by atoms with E-state index < -0.39 is 0 Å². The molecule has 0 aliphatic carbocycles.